The average molecular weight is 1050 g/mol. The molecule has 2 atom stereocenters. The van der Waals surface area contributed by atoms with Crippen LogP contribution in [-0.4, -0.2) is 23.8 Å². The number of fused-ring (bicyclic) bond motifs is 12. The summed E-state index contributed by atoms with van der Waals surface area (Å²) in [6, 6.07) is 32.6. The molecule has 2 unspecified atom stereocenters. The summed E-state index contributed by atoms with van der Waals surface area (Å²) in [6.45, 7) is 3.67. The summed E-state index contributed by atoms with van der Waals surface area (Å²) in [6.07, 6.45) is 0. The van der Waals surface area contributed by atoms with Gasteiger partial charge in [-0.2, -0.15) is 0 Å². The van der Waals surface area contributed by atoms with Crippen LogP contribution < -0.4 is 20.1 Å². The van der Waals surface area contributed by atoms with Gasteiger partial charge >= 0.3 is 11.9 Å². The number of halogens is 10. The van der Waals surface area contributed by atoms with Crippen molar-refractivity contribution in [2.24, 2.45) is 0 Å². The summed E-state index contributed by atoms with van der Waals surface area (Å²) in [5.41, 5.74) is -0.687. The van der Waals surface area contributed by atoms with Crippen molar-refractivity contribution in [3.8, 4) is 23.0 Å². The van der Waals surface area contributed by atoms with Gasteiger partial charge in [0.2, 0.25) is 11.6 Å². The predicted molar refractivity (Wildman–Crippen MR) is 247 cm³/mol. The number of aryl methyl sites for hydroxylation is 2. The molecule has 380 valence electrons. The van der Waals surface area contributed by atoms with Gasteiger partial charge in [0.1, 0.15) is 34.1 Å². The Morgan fingerprint density at radius 2 is 0.684 bits per heavy atom. The summed E-state index contributed by atoms with van der Waals surface area (Å²) < 4.78 is 162. The maximum atomic E-state index is 14.2. The minimum Gasteiger partial charge on any atom is -0.456 e. The molecule has 2 spiro atoms. The van der Waals surface area contributed by atoms with E-state index >= 15 is 0 Å². The average Bonchev–Trinajstić information content (AvgIpc) is 3.94. The van der Waals surface area contributed by atoms with Gasteiger partial charge in [0, 0.05) is 56.9 Å². The highest BCUT2D eigenvalue weighted by atomic mass is 19.2. The smallest absolute Gasteiger partial charge is 0.340 e. The molecule has 8 aromatic rings. The first-order valence-electron chi connectivity index (χ1n) is 22.4. The number of hydrogen-bond acceptors (Lipinski definition) is 8. The van der Waals surface area contributed by atoms with Crippen LogP contribution in [0.1, 0.15) is 85.9 Å². The fraction of sp³-hybridized carbons (Fsp3) is 0.0714. The van der Waals surface area contributed by atoms with Crippen molar-refractivity contribution in [3.05, 3.63) is 246 Å². The maximum Gasteiger partial charge on any atom is 0.340 e. The van der Waals surface area contributed by atoms with Crippen LogP contribution in [-0.2, 0) is 20.7 Å². The molecule has 20 heteroatoms. The van der Waals surface area contributed by atoms with Crippen molar-refractivity contribution >= 4 is 35.1 Å². The molecule has 76 heavy (non-hydrogen) atoms. The number of nitrogens with one attached hydrogen (secondary N) is 2. The molecule has 12 rings (SSSR count). The molecule has 4 aliphatic rings. The van der Waals surface area contributed by atoms with E-state index in [1.165, 1.54) is 36.4 Å². The lowest BCUT2D eigenvalue weighted by Crippen LogP contribution is -2.33. The topological polar surface area (TPSA) is 129 Å². The second-order valence-corrected chi connectivity index (χ2v) is 17.7. The van der Waals surface area contributed by atoms with Crippen LogP contribution in [0.15, 0.2) is 121 Å². The number of esters is 2. The number of anilines is 2. The maximum absolute atomic E-state index is 14.2. The fourth-order valence-corrected chi connectivity index (χ4v) is 9.72. The van der Waals surface area contributed by atoms with E-state index in [-0.39, 0.29) is 22.9 Å². The van der Waals surface area contributed by atoms with Crippen LogP contribution >= 0.6 is 0 Å². The molecule has 4 aliphatic heterocycles. The van der Waals surface area contributed by atoms with E-state index in [0.29, 0.717) is 56.0 Å². The number of carbonyl (C=O) groups is 4. The third-order valence-corrected chi connectivity index (χ3v) is 13.1. The number of amides is 2. The van der Waals surface area contributed by atoms with Gasteiger partial charge in [-0.25, -0.2) is 53.5 Å². The van der Waals surface area contributed by atoms with E-state index < -0.39 is 104 Å². The second-order valence-electron chi connectivity index (χ2n) is 17.7. The zero-order valence-corrected chi connectivity index (χ0v) is 38.6. The van der Waals surface area contributed by atoms with Crippen molar-refractivity contribution in [2.45, 2.75) is 25.0 Å². The molecule has 0 radical (unpaired) electrons. The summed E-state index contributed by atoms with van der Waals surface area (Å²) in [4.78, 5) is 50.9. The number of rotatable bonds is 4. The molecule has 0 fully saturated rings. The van der Waals surface area contributed by atoms with E-state index in [9.17, 15) is 63.1 Å². The lowest BCUT2D eigenvalue weighted by molar-refractivity contribution is 0.0214. The van der Waals surface area contributed by atoms with Crippen molar-refractivity contribution in [1.29, 1.82) is 0 Å². The van der Waals surface area contributed by atoms with Gasteiger partial charge < -0.3 is 29.6 Å². The van der Waals surface area contributed by atoms with Gasteiger partial charge in [-0.3, -0.25) is 9.59 Å². The largest absolute Gasteiger partial charge is 0.456 e. The van der Waals surface area contributed by atoms with E-state index in [2.05, 4.69) is 10.6 Å². The SMILES string of the molecule is Cc1ccc2c(c1)Oc1cc(NC(=O)c3c(F)c(F)c(F)c(F)c3F)ccc1C21OC(=O)c2ccccc21.Cc1ccc2c(c1)Oc1cc(NC(=O)c3c(F)c(F)c(F)c(F)c3F)ccc1C21OC(=O)c2ccccc21. The molecule has 10 nitrogen and oxygen atoms in total. The lowest BCUT2D eigenvalue weighted by Gasteiger charge is -2.36. The van der Waals surface area contributed by atoms with E-state index in [1.54, 1.807) is 72.8 Å². The van der Waals surface area contributed by atoms with Crippen LogP contribution in [0.5, 0.6) is 23.0 Å². The first kappa shape index (κ1) is 48.8. The Morgan fingerprint density at radius 3 is 1.04 bits per heavy atom. The van der Waals surface area contributed by atoms with Crippen LogP contribution in [0.4, 0.5) is 55.3 Å². The van der Waals surface area contributed by atoms with Crippen LogP contribution in [0.2, 0.25) is 0 Å². The first-order valence-corrected chi connectivity index (χ1v) is 22.4. The Labute approximate surface area is 421 Å². The summed E-state index contributed by atoms with van der Waals surface area (Å²) in [5.74, 6) is -25.9. The first-order chi connectivity index (χ1) is 36.3. The zero-order chi connectivity index (χ0) is 53.9. The van der Waals surface area contributed by atoms with Crippen LogP contribution in [0.25, 0.3) is 0 Å². The van der Waals surface area contributed by atoms with Crippen molar-refractivity contribution in [2.75, 3.05) is 10.6 Å². The Balaban J connectivity index is 0.000000162. The van der Waals surface area contributed by atoms with Gasteiger partial charge in [0.05, 0.1) is 11.1 Å². The molecule has 0 bridgehead atoms. The van der Waals surface area contributed by atoms with Crippen molar-refractivity contribution < 1.29 is 82.0 Å². The number of ether oxygens (including phenoxy) is 4. The quantitative estimate of drug-likeness (QED) is 0.0772. The molecular weight excluding hydrogens is 1020 g/mol. The third-order valence-electron chi connectivity index (χ3n) is 13.1. The van der Waals surface area contributed by atoms with Crippen LogP contribution in [0, 0.1) is 72.0 Å². The highest BCUT2D eigenvalue weighted by Crippen LogP contribution is 2.58. The fourth-order valence-electron chi connectivity index (χ4n) is 9.72. The minimum atomic E-state index is -2.37. The summed E-state index contributed by atoms with van der Waals surface area (Å²) >= 11 is 0. The normalized spacial score (nSPS) is 16.8. The molecule has 0 saturated heterocycles. The third kappa shape index (κ3) is 7.18. The molecular formula is C56H28F10N2O8. The van der Waals surface area contributed by atoms with Crippen molar-refractivity contribution in [1.82, 2.24) is 0 Å². The van der Waals surface area contributed by atoms with E-state index in [1.807, 2.05) is 26.0 Å². The predicted octanol–water partition coefficient (Wildman–Crippen LogP) is 13.0. The Hall–Kier alpha value is -9.46. The number of benzene rings is 8. The monoisotopic (exact) mass is 1050 g/mol. The molecule has 0 saturated carbocycles. The number of carbonyl (C=O) groups excluding carboxylic acids is 4. The van der Waals surface area contributed by atoms with Gasteiger partial charge in [-0.15, -0.1) is 0 Å². The highest BCUT2D eigenvalue weighted by molar-refractivity contribution is 6.06. The molecule has 8 aromatic carbocycles. The number of hydrogen-bond donors (Lipinski definition) is 2. The summed E-state index contributed by atoms with van der Waals surface area (Å²) in [5, 5.41) is 4.29. The molecule has 2 amide bonds. The Kier molecular flexibility index (Phi) is 11.3. The lowest BCUT2D eigenvalue weighted by atomic mass is 9.77. The minimum absolute atomic E-state index is 0.0680. The highest BCUT2D eigenvalue weighted by Gasteiger charge is 2.55. The van der Waals surface area contributed by atoms with Crippen molar-refractivity contribution in [3.63, 3.8) is 0 Å². The van der Waals surface area contributed by atoms with Gasteiger partial charge in [-0.05, 0) is 73.5 Å². The molecule has 2 N–H and O–H groups in total. The second kappa shape index (κ2) is 17.6. The van der Waals surface area contributed by atoms with Gasteiger partial charge in [0.15, 0.2) is 57.7 Å². The summed E-state index contributed by atoms with van der Waals surface area (Å²) in [7, 11) is 0. The standard InChI is InChI=1S/2C28H14F5NO4/c2*1-12-6-8-16-18(10-12)37-19-11-13(34-26(35)20-21(29)23(31)25(33)24(32)22(20)30)7-9-17(19)28(16)15-5-3-2-4-14(15)27(36)38-28/h2*2-11H,1H3,(H,34,35). The van der Waals surface area contributed by atoms with Gasteiger partial charge in [-0.1, -0.05) is 60.7 Å². The van der Waals surface area contributed by atoms with Gasteiger partial charge in [0.25, 0.3) is 11.8 Å². The Bertz CT molecular complexity index is 3630. The molecule has 0 aromatic heterocycles. The Morgan fingerprint density at radius 1 is 0.382 bits per heavy atom. The van der Waals surface area contributed by atoms with Crippen LogP contribution in [0.3, 0.4) is 0 Å². The molecule has 0 aliphatic carbocycles. The van der Waals surface area contributed by atoms with E-state index in [0.717, 1.165) is 11.1 Å². The zero-order valence-electron chi connectivity index (χ0n) is 38.6. The van der Waals surface area contributed by atoms with E-state index in [4.69, 9.17) is 18.9 Å². The molecule has 4 heterocycles.